The van der Waals surface area contributed by atoms with Crippen molar-refractivity contribution in [1.82, 2.24) is 15.4 Å². The highest BCUT2D eigenvalue weighted by molar-refractivity contribution is 5.88. The van der Waals surface area contributed by atoms with Gasteiger partial charge >= 0.3 is 6.03 Å². The molecule has 0 spiro atoms. The molecule has 20 heavy (non-hydrogen) atoms. The molecule has 1 aliphatic rings. The van der Waals surface area contributed by atoms with E-state index in [4.69, 9.17) is 4.52 Å². The van der Waals surface area contributed by atoms with E-state index in [0.29, 0.717) is 30.2 Å². The van der Waals surface area contributed by atoms with Crippen molar-refractivity contribution in [2.45, 2.75) is 52.1 Å². The number of carbonyl (C=O) groups is 1. The molecule has 0 unspecified atom stereocenters. The van der Waals surface area contributed by atoms with E-state index in [1.807, 2.05) is 0 Å². The van der Waals surface area contributed by atoms with Gasteiger partial charge in [0.2, 0.25) is 0 Å². The van der Waals surface area contributed by atoms with Gasteiger partial charge in [0.15, 0.2) is 5.82 Å². The summed E-state index contributed by atoms with van der Waals surface area (Å²) < 4.78 is 4.90. The van der Waals surface area contributed by atoms with E-state index >= 15 is 0 Å². The van der Waals surface area contributed by atoms with Crippen LogP contribution in [0.5, 0.6) is 0 Å². The van der Waals surface area contributed by atoms with Crippen molar-refractivity contribution in [1.29, 1.82) is 0 Å². The van der Waals surface area contributed by atoms with Crippen LogP contribution in [0.15, 0.2) is 10.6 Å². The van der Waals surface area contributed by atoms with Crippen LogP contribution in [-0.4, -0.2) is 41.3 Å². The molecular weight excluding hydrogens is 256 g/mol. The first-order valence-electron chi connectivity index (χ1n) is 7.30. The first kappa shape index (κ1) is 14.8. The van der Waals surface area contributed by atoms with Gasteiger partial charge in [0.1, 0.15) is 5.76 Å². The Morgan fingerprint density at radius 1 is 1.60 bits per heavy atom. The van der Waals surface area contributed by atoms with Crippen LogP contribution in [0, 0.1) is 6.92 Å². The number of carbonyl (C=O) groups excluding carboxylic acids is 1. The summed E-state index contributed by atoms with van der Waals surface area (Å²) in [6, 6.07) is 2.39. The zero-order chi connectivity index (χ0) is 14.5. The molecule has 6 heteroatoms. The Kier molecular flexibility index (Phi) is 5.00. The summed E-state index contributed by atoms with van der Waals surface area (Å²) in [6.45, 7) is 7.95. The van der Waals surface area contributed by atoms with Crippen LogP contribution in [0.2, 0.25) is 0 Å². The molecule has 2 amide bonds. The van der Waals surface area contributed by atoms with Crippen molar-refractivity contribution in [3.05, 3.63) is 11.8 Å². The molecule has 0 radical (unpaired) electrons. The third-order valence-electron chi connectivity index (χ3n) is 3.85. The number of urea groups is 1. The van der Waals surface area contributed by atoms with Gasteiger partial charge < -0.3 is 9.84 Å². The van der Waals surface area contributed by atoms with Gasteiger partial charge in [-0.05, 0) is 40.2 Å². The Hall–Kier alpha value is -1.56. The van der Waals surface area contributed by atoms with Crippen LogP contribution in [0.1, 0.15) is 38.9 Å². The van der Waals surface area contributed by atoms with E-state index in [2.05, 4.69) is 34.5 Å². The highest BCUT2D eigenvalue weighted by Gasteiger charge is 2.23. The van der Waals surface area contributed by atoms with Gasteiger partial charge in [0.05, 0.1) is 0 Å². The number of likely N-dealkylation sites (tertiary alicyclic amines) is 1. The van der Waals surface area contributed by atoms with Gasteiger partial charge in [-0.15, -0.1) is 0 Å². The van der Waals surface area contributed by atoms with Crippen molar-refractivity contribution in [2.75, 3.05) is 18.4 Å². The normalized spacial score (nSPS) is 21.4. The van der Waals surface area contributed by atoms with Crippen molar-refractivity contribution < 1.29 is 9.32 Å². The minimum absolute atomic E-state index is 0.241. The molecule has 2 rings (SSSR count). The number of anilines is 1. The minimum Gasteiger partial charge on any atom is -0.360 e. The number of nitrogens with one attached hydrogen (secondary N) is 2. The van der Waals surface area contributed by atoms with Crippen molar-refractivity contribution in [2.24, 2.45) is 0 Å². The predicted octanol–water partition coefficient (Wildman–Crippen LogP) is 2.37. The van der Waals surface area contributed by atoms with Crippen LogP contribution in [0.4, 0.5) is 10.6 Å². The molecule has 1 aliphatic heterocycles. The monoisotopic (exact) mass is 280 g/mol. The molecule has 2 atom stereocenters. The second-order valence-corrected chi connectivity index (χ2v) is 5.59. The predicted molar refractivity (Wildman–Crippen MR) is 77.7 cm³/mol. The maximum absolute atomic E-state index is 11.8. The number of aromatic nitrogens is 1. The second kappa shape index (κ2) is 6.74. The van der Waals surface area contributed by atoms with E-state index in [-0.39, 0.29) is 6.03 Å². The molecule has 112 valence electrons. The van der Waals surface area contributed by atoms with Crippen LogP contribution < -0.4 is 10.6 Å². The average Bonchev–Trinajstić information content (AvgIpc) is 2.82. The Morgan fingerprint density at radius 3 is 3.05 bits per heavy atom. The minimum atomic E-state index is -0.241. The molecule has 6 nitrogen and oxygen atoms in total. The standard InChI is InChI=1S/C14H24N4O2/c1-10-6-4-5-7-18(10)11(2)9-15-14(19)16-13-8-12(3)20-17-13/h8,10-11H,4-7,9H2,1-3H3,(H2,15,16,17,19)/t10-,11-/m0/s1. The second-order valence-electron chi connectivity index (χ2n) is 5.59. The Labute approximate surface area is 119 Å². The summed E-state index contributed by atoms with van der Waals surface area (Å²) in [5.74, 6) is 1.12. The van der Waals surface area contributed by atoms with E-state index in [0.717, 1.165) is 6.54 Å². The third-order valence-corrected chi connectivity index (χ3v) is 3.85. The van der Waals surface area contributed by atoms with E-state index < -0.39 is 0 Å². The summed E-state index contributed by atoms with van der Waals surface area (Å²) >= 11 is 0. The van der Waals surface area contributed by atoms with E-state index in [1.54, 1.807) is 13.0 Å². The number of amides is 2. The van der Waals surface area contributed by atoms with Crippen LogP contribution in [-0.2, 0) is 0 Å². The molecule has 2 N–H and O–H groups in total. The van der Waals surface area contributed by atoms with Crippen molar-refractivity contribution >= 4 is 11.8 Å². The van der Waals surface area contributed by atoms with Gasteiger partial charge in [0.25, 0.3) is 0 Å². The van der Waals surface area contributed by atoms with Gasteiger partial charge in [0, 0.05) is 24.7 Å². The van der Waals surface area contributed by atoms with Crippen molar-refractivity contribution in [3.8, 4) is 0 Å². The zero-order valence-corrected chi connectivity index (χ0v) is 12.5. The fourth-order valence-electron chi connectivity index (χ4n) is 2.72. The number of hydrogen-bond acceptors (Lipinski definition) is 4. The van der Waals surface area contributed by atoms with Gasteiger partial charge in [-0.2, -0.15) is 0 Å². The summed E-state index contributed by atoms with van der Waals surface area (Å²) in [5, 5.41) is 9.27. The average molecular weight is 280 g/mol. The maximum atomic E-state index is 11.8. The summed E-state index contributed by atoms with van der Waals surface area (Å²) in [7, 11) is 0. The molecule has 1 fully saturated rings. The third kappa shape index (κ3) is 3.96. The summed E-state index contributed by atoms with van der Waals surface area (Å²) in [4.78, 5) is 14.2. The molecule has 0 bridgehead atoms. The van der Waals surface area contributed by atoms with Crippen molar-refractivity contribution in [3.63, 3.8) is 0 Å². The number of hydrogen-bond donors (Lipinski definition) is 2. The fraction of sp³-hybridized carbons (Fsp3) is 0.714. The maximum Gasteiger partial charge on any atom is 0.320 e. The van der Waals surface area contributed by atoms with Crippen LogP contribution in [0.3, 0.4) is 0 Å². The molecule has 1 saturated heterocycles. The highest BCUT2D eigenvalue weighted by Crippen LogP contribution is 2.18. The largest absolute Gasteiger partial charge is 0.360 e. The molecule has 2 heterocycles. The first-order chi connectivity index (χ1) is 9.56. The number of piperidine rings is 1. The molecule has 0 saturated carbocycles. The quantitative estimate of drug-likeness (QED) is 0.888. The van der Waals surface area contributed by atoms with E-state index in [9.17, 15) is 4.79 Å². The smallest absolute Gasteiger partial charge is 0.320 e. The lowest BCUT2D eigenvalue weighted by Crippen LogP contribution is -2.49. The lowest BCUT2D eigenvalue weighted by atomic mass is 10.0. The summed E-state index contributed by atoms with van der Waals surface area (Å²) in [6.07, 6.45) is 3.80. The Morgan fingerprint density at radius 2 is 2.40 bits per heavy atom. The molecule has 1 aromatic rings. The molecule has 0 aromatic carbocycles. The molecule has 1 aromatic heterocycles. The number of rotatable bonds is 4. The highest BCUT2D eigenvalue weighted by atomic mass is 16.5. The van der Waals surface area contributed by atoms with Gasteiger partial charge in [-0.25, -0.2) is 4.79 Å². The Balaban J connectivity index is 1.75. The van der Waals surface area contributed by atoms with E-state index in [1.165, 1.54) is 19.3 Å². The Bertz CT molecular complexity index is 446. The SMILES string of the molecule is Cc1cc(NC(=O)NC[C@H](C)N2CCCC[C@@H]2C)no1. The first-order valence-corrected chi connectivity index (χ1v) is 7.30. The van der Waals surface area contributed by atoms with Crippen LogP contribution >= 0.6 is 0 Å². The van der Waals surface area contributed by atoms with Gasteiger partial charge in [-0.3, -0.25) is 10.2 Å². The lowest BCUT2D eigenvalue weighted by molar-refractivity contribution is 0.114. The fourth-order valence-corrected chi connectivity index (χ4v) is 2.72. The zero-order valence-electron chi connectivity index (χ0n) is 12.5. The molecule has 0 aliphatic carbocycles. The molecular formula is C14H24N4O2. The topological polar surface area (TPSA) is 70.4 Å². The van der Waals surface area contributed by atoms with Gasteiger partial charge in [-0.1, -0.05) is 11.6 Å². The number of nitrogens with zero attached hydrogens (tertiary/aromatic N) is 2. The summed E-state index contributed by atoms with van der Waals surface area (Å²) in [5.41, 5.74) is 0. The number of aryl methyl sites for hydroxylation is 1. The van der Waals surface area contributed by atoms with Crippen LogP contribution in [0.25, 0.3) is 0 Å². The lowest BCUT2D eigenvalue weighted by Gasteiger charge is -2.38.